The highest BCUT2D eigenvalue weighted by Gasteiger charge is 2.37. The molecule has 1 spiro atoms. The number of ether oxygens (including phenoxy) is 1. The van der Waals surface area contributed by atoms with Gasteiger partial charge in [0.05, 0.1) is 18.1 Å². The third-order valence-corrected chi connectivity index (χ3v) is 5.51. The minimum atomic E-state index is 0.163. The molecule has 0 bridgehead atoms. The third-order valence-electron chi connectivity index (χ3n) is 4.98. The highest BCUT2D eigenvalue weighted by atomic mass is 35.5. The number of hydrogen-bond donors (Lipinski definition) is 1. The van der Waals surface area contributed by atoms with Crippen molar-refractivity contribution in [3.63, 3.8) is 0 Å². The zero-order chi connectivity index (χ0) is 16.3. The first-order valence-electron chi connectivity index (χ1n) is 8.14. The molecule has 0 unspecified atom stereocenters. The van der Waals surface area contributed by atoms with Gasteiger partial charge in [0.1, 0.15) is 5.75 Å². The van der Waals surface area contributed by atoms with Crippen molar-refractivity contribution in [3.8, 4) is 5.75 Å². The number of nitrogens with zero attached hydrogens (tertiary/aromatic N) is 1. The van der Waals surface area contributed by atoms with Crippen molar-refractivity contribution in [1.29, 1.82) is 0 Å². The molecule has 1 amide bonds. The van der Waals surface area contributed by atoms with Crippen molar-refractivity contribution in [1.82, 2.24) is 10.2 Å². The molecule has 2 aliphatic rings. The van der Waals surface area contributed by atoms with E-state index < -0.39 is 0 Å². The number of benzene rings is 1. The molecule has 23 heavy (non-hydrogen) atoms. The molecule has 1 aromatic carbocycles. The molecule has 0 radical (unpaired) electrons. The third kappa shape index (κ3) is 4.11. The van der Waals surface area contributed by atoms with Gasteiger partial charge in [0.15, 0.2) is 0 Å². The minimum absolute atomic E-state index is 0.163. The number of halogens is 2. The van der Waals surface area contributed by atoms with E-state index >= 15 is 0 Å². The highest BCUT2D eigenvalue weighted by Crippen LogP contribution is 2.37. The normalized spacial score (nSPS) is 20.0. The first-order chi connectivity index (χ1) is 11.1. The molecule has 2 heterocycles. The van der Waals surface area contributed by atoms with Crippen LogP contribution in [-0.4, -0.2) is 43.6 Å². The van der Waals surface area contributed by atoms with Gasteiger partial charge in [-0.3, -0.25) is 4.79 Å². The predicted octanol–water partition coefficient (Wildman–Crippen LogP) is 3.36. The number of carbonyl (C=O) groups is 1. The molecule has 0 aliphatic carbocycles. The number of nitrogens with one attached hydrogen (secondary N) is 1. The van der Waals surface area contributed by atoms with E-state index in [1.54, 1.807) is 18.2 Å². The zero-order valence-electron chi connectivity index (χ0n) is 13.1. The van der Waals surface area contributed by atoms with E-state index in [0.29, 0.717) is 34.2 Å². The van der Waals surface area contributed by atoms with Crippen LogP contribution in [0.2, 0.25) is 10.0 Å². The Morgan fingerprint density at radius 2 is 2.04 bits per heavy atom. The van der Waals surface area contributed by atoms with Gasteiger partial charge >= 0.3 is 0 Å². The van der Waals surface area contributed by atoms with Crippen molar-refractivity contribution < 1.29 is 9.53 Å². The Bertz CT molecular complexity index is 564. The summed E-state index contributed by atoms with van der Waals surface area (Å²) in [7, 11) is 0. The molecule has 2 saturated heterocycles. The van der Waals surface area contributed by atoms with E-state index in [-0.39, 0.29) is 5.91 Å². The number of likely N-dealkylation sites (tertiary alicyclic amines) is 1. The summed E-state index contributed by atoms with van der Waals surface area (Å²) in [6.45, 7) is 4.28. The topological polar surface area (TPSA) is 41.6 Å². The molecule has 6 heteroatoms. The van der Waals surface area contributed by atoms with Gasteiger partial charge in [0, 0.05) is 24.7 Å². The molecule has 0 aromatic heterocycles. The van der Waals surface area contributed by atoms with Crippen LogP contribution in [0.3, 0.4) is 0 Å². The summed E-state index contributed by atoms with van der Waals surface area (Å²) in [6, 6.07) is 5.09. The van der Waals surface area contributed by atoms with Crippen LogP contribution in [0.15, 0.2) is 18.2 Å². The number of hydrogen-bond acceptors (Lipinski definition) is 3. The molecule has 1 N–H and O–H groups in total. The van der Waals surface area contributed by atoms with Crippen LogP contribution >= 0.6 is 23.2 Å². The van der Waals surface area contributed by atoms with Crippen LogP contribution in [-0.2, 0) is 4.79 Å². The quantitative estimate of drug-likeness (QED) is 0.899. The minimum Gasteiger partial charge on any atom is -0.491 e. The van der Waals surface area contributed by atoms with Gasteiger partial charge < -0.3 is 15.0 Å². The Morgan fingerprint density at radius 3 is 2.70 bits per heavy atom. The van der Waals surface area contributed by atoms with Gasteiger partial charge in [-0.1, -0.05) is 23.2 Å². The molecule has 2 aliphatic heterocycles. The number of rotatable bonds is 4. The lowest BCUT2D eigenvalue weighted by Gasteiger charge is -2.38. The molecule has 2 fully saturated rings. The maximum atomic E-state index is 12.3. The average molecular weight is 357 g/mol. The van der Waals surface area contributed by atoms with Gasteiger partial charge in [-0.15, -0.1) is 0 Å². The second-order valence-corrected chi connectivity index (χ2v) is 7.32. The van der Waals surface area contributed by atoms with Crippen molar-refractivity contribution in [2.24, 2.45) is 5.41 Å². The first-order valence-corrected chi connectivity index (χ1v) is 8.90. The van der Waals surface area contributed by atoms with E-state index in [4.69, 9.17) is 27.9 Å². The summed E-state index contributed by atoms with van der Waals surface area (Å²) in [5, 5.41) is 4.49. The van der Waals surface area contributed by atoms with E-state index in [1.807, 2.05) is 4.90 Å². The monoisotopic (exact) mass is 356 g/mol. The Morgan fingerprint density at radius 1 is 1.26 bits per heavy atom. The lowest BCUT2D eigenvalue weighted by molar-refractivity contribution is -0.133. The maximum absolute atomic E-state index is 12.3. The summed E-state index contributed by atoms with van der Waals surface area (Å²) in [6.07, 6.45) is 3.84. The average Bonchev–Trinajstić information content (AvgIpc) is 2.98. The fourth-order valence-corrected chi connectivity index (χ4v) is 3.91. The SMILES string of the molecule is O=C(CCOc1ccc(Cl)cc1Cl)N1CCC2(CCNC2)CC1. The Kier molecular flexibility index (Phi) is 5.34. The standard InChI is InChI=1S/C17H22Cl2N2O2/c18-13-1-2-15(14(19)11-13)23-10-3-16(22)21-8-5-17(6-9-21)4-7-20-12-17/h1-2,11,20H,3-10,12H2. The zero-order valence-corrected chi connectivity index (χ0v) is 14.6. The number of carbonyl (C=O) groups excluding carboxylic acids is 1. The fraction of sp³-hybridized carbons (Fsp3) is 0.588. The Hall–Kier alpha value is -0.970. The summed E-state index contributed by atoms with van der Waals surface area (Å²) in [5.41, 5.74) is 0.435. The maximum Gasteiger partial charge on any atom is 0.225 e. The molecular weight excluding hydrogens is 335 g/mol. The van der Waals surface area contributed by atoms with E-state index in [9.17, 15) is 4.79 Å². The van der Waals surface area contributed by atoms with Crippen molar-refractivity contribution in [2.75, 3.05) is 32.8 Å². The van der Waals surface area contributed by atoms with Gasteiger partial charge in [-0.2, -0.15) is 0 Å². The van der Waals surface area contributed by atoms with Crippen LogP contribution in [0, 0.1) is 5.41 Å². The molecule has 0 saturated carbocycles. The predicted molar refractivity (Wildman–Crippen MR) is 92.3 cm³/mol. The van der Waals surface area contributed by atoms with Gasteiger partial charge in [0.25, 0.3) is 0 Å². The summed E-state index contributed by atoms with van der Waals surface area (Å²) in [4.78, 5) is 14.3. The molecule has 3 rings (SSSR count). The van der Waals surface area contributed by atoms with Crippen molar-refractivity contribution in [2.45, 2.75) is 25.7 Å². The van der Waals surface area contributed by atoms with E-state index in [2.05, 4.69) is 5.32 Å². The largest absolute Gasteiger partial charge is 0.491 e. The number of piperidine rings is 1. The van der Waals surface area contributed by atoms with Gasteiger partial charge in [-0.25, -0.2) is 0 Å². The van der Waals surface area contributed by atoms with Gasteiger partial charge in [0.2, 0.25) is 5.91 Å². The van der Waals surface area contributed by atoms with Crippen LogP contribution in [0.1, 0.15) is 25.7 Å². The summed E-state index contributed by atoms with van der Waals surface area (Å²) >= 11 is 11.9. The van der Waals surface area contributed by atoms with Crippen LogP contribution in [0.4, 0.5) is 0 Å². The first kappa shape index (κ1) is 16.9. The number of amides is 1. The molecular formula is C17H22Cl2N2O2. The smallest absolute Gasteiger partial charge is 0.225 e. The van der Waals surface area contributed by atoms with Crippen molar-refractivity contribution >= 4 is 29.1 Å². The van der Waals surface area contributed by atoms with Crippen LogP contribution in [0.25, 0.3) is 0 Å². The second kappa shape index (κ2) is 7.29. The summed E-state index contributed by atoms with van der Waals surface area (Å²) in [5.74, 6) is 0.731. The fourth-order valence-electron chi connectivity index (χ4n) is 3.45. The van der Waals surface area contributed by atoms with Crippen LogP contribution < -0.4 is 10.1 Å². The Labute approximate surface area is 147 Å². The molecule has 1 aromatic rings. The second-order valence-electron chi connectivity index (χ2n) is 6.48. The van der Waals surface area contributed by atoms with Crippen molar-refractivity contribution in [3.05, 3.63) is 28.2 Å². The Balaban J connectivity index is 1.43. The lowest BCUT2D eigenvalue weighted by atomic mass is 9.78. The summed E-state index contributed by atoms with van der Waals surface area (Å²) < 4.78 is 5.60. The molecule has 126 valence electrons. The van der Waals surface area contributed by atoms with E-state index in [1.165, 1.54) is 6.42 Å². The van der Waals surface area contributed by atoms with Crippen LogP contribution in [0.5, 0.6) is 5.75 Å². The highest BCUT2D eigenvalue weighted by molar-refractivity contribution is 6.35. The van der Waals surface area contributed by atoms with Gasteiger partial charge in [-0.05, 0) is 49.4 Å². The lowest BCUT2D eigenvalue weighted by Crippen LogP contribution is -2.44. The van der Waals surface area contributed by atoms with E-state index in [0.717, 1.165) is 39.0 Å². The molecule has 4 nitrogen and oxygen atoms in total. The molecule has 0 atom stereocenters.